The van der Waals surface area contributed by atoms with Crippen molar-refractivity contribution in [2.45, 2.75) is 13.1 Å². The number of quaternary nitrogens is 1. The van der Waals surface area contributed by atoms with Crippen LogP contribution in [0.2, 0.25) is 0 Å². The number of nitrogens with one attached hydrogen (secondary N) is 1. The number of rotatable bonds is 6. The van der Waals surface area contributed by atoms with Crippen molar-refractivity contribution in [3.63, 3.8) is 0 Å². The number of benzene rings is 2. The standard InChI is InChI=1S/C20H24N6O/c1-27-19-9-5-8-18(14-19)25-12-10-24(11-13-25)16-20-21-22-23-26(20)15-17-6-3-2-4-7-17/h2-9,14H,10-13,15-16H2,1H3/p+1. The largest absolute Gasteiger partial charge is 0.497 e. The van der Waals surface area contributed by atoms with Crippen molar-refractivity contribution in [1.29, 1.82) is 0 Å². The van der Waals surface area contributed by atoms with E-state index in [9.17, 15) is 0 Å². The fraction of sp³-hybridized carbons (Fsp3) is 0.350. The molecule has 1 fully saturated rings. The van der Waals surface area contributed by atoms with Gasteiger partial charge in [-0.15, -0.1) is 5.10 Å². The van der Waals surface area contributed by atoms with E-state index in [2.05, 4.69) is 44.7 Å². The lowest BCUT2D eigenvalue weighted by molar-refractivity contribution is -0.915. The molecule has 1 aliphatic heterocycles. The third-order valence-electron chi connectivity index (χ3n) is 5.08. The van der Waals surface area contributed by atoms with Crippen LogP contribution in [0.3, 0.4) is 0 Å². The minimum absolute atomic E-state index is 0.715. The molecule has 0 radical (unpaired) electrons. The number of aromatic nitrogens is 4. The molecule has 0 bridgehead atoms. The summed E-state index contributed by atoms with van der Waals surface area (Å²) in [4.78, 5) is 3.93. The molecule has 0 spiro atoms. The smallest absolute Gasteiger partial charge is 0.206 e. The van der Waals surface area contributed by atoms with Crippen LogP contribution in [0.25, 0.3) is 0 Å². The van der Waals surface area contributed by atoms with Crippen LogP contribution in [-0.4, -0.2) is 53.5 Å². The number of tetrazole rings is 1. The highest BCUT2D eigenvalue weighted by Gasteiger charge is 2.23. The van der Waals surface area contributed by atoms with Gasteiger partial charge in [0.15, 0.2) is 0 Å². The van der Waals surface area contributed by atoms with Gasteiger partial charge in [0, 0.05) is 11.8 Å². The first-order valence-electron chi connectivity index (χ1n) is 9.33. The molecular formula is C20H25N6O+. The second-order valence-corrected chi connectivity index (χ2v) is 6.85. The molecule has 0 unspecified atom stereocenters. The number of hydrogen-bond acceptors (Lipinski definition) is 5. The minimum atomic E-state index is 0.715. The van der Waals surface area contributed by atoms with Gasteiger partial charge in [-0.25, -0.2) is 4.68 Å². The Morgan fingerprint density at radius 2 is 1.85 bits per heavy atom. The Bertz CT molecular complexity index is 858. The zero-order valence-electron chi connectivity index (χ0n) is 15.6. The lowest BCUT2D eigenvalue weighted by atomic mass is 10.2. The topological polar surface area (TPSA) is 60.5 Å². The maximum Gasteiger partial charge on any atom is 0.206 e. The molecule has 0 saturated carbocycles. The van der Waals surface area contributed by atoms with Gasteiger partial charge in [0.2, 0.25) is 5.82 Å². The third-order valence-corrected chi connectivity index (χ3v) is 5.08. The molecule has 1 saturated heterocycles. The molecule has 140 valence electrons. The maximum absolute atomic E-state index is 5.34. The number of nitrogens with zero attached hydrogens (tertiary/aromatic N) is 5. The monoisotopic (exact) mass is 365 g/mol. The number of hydrogen-bond donors (Lipinski definition) is 1. The second-order valence-electron chi connectivity index (χ2n) is 6.85. The molecule has 4 rings (SSSR count). The van der Waals surface area contributed by atoms with Crippen molar-refractivity contribution < 1.29 is 9.64 Å². The molecule has 1 aromatic heterocycles. The first kappa shape index (κ1) is 17.5. The first-order chi connectivity index (χ1) is 13.3. The number of anilines is 1. The van der Waals surface area contributed by atoms with Crippen LogP contribution in [0.1, 0.15) is 11.4 Å². The van der Waals surface area contributed by atoms with Gasteiger partial charge in [0.1, 0.15) is 12.3 Å². The van der Waals surface area contributed by atoms with E-state index in [0.29, 0.717) is 6.54 Å². The lowest BCUT2D eigenvalue weighted by Gasteiger charge is -2.33. The normalized spacial score (nSPS) is 15.1. The summed E-state index contributed by atoms with van der Waals surface area (Å²) in [6.45, 7) is 5.73. The average molecular weight is 365 g/mol. The number of ether oxygens (including phenoxy) is 1. The van der Waals surface area contributed by atoms with Crippen LogP contribution < -0.4 is 14.5 Å². The molecule has 1 aliphatic rings. The summed E-state index contributed by atoms with van der Waals surface area (Å²) in [7, 11) is 1.71. The SMILES string of the molecule is COc1cccc(N2CC[NH+](Cc3nnnn3Cc3ccccc3)CC2)c1. The van der Waals surface area contributed by atoms with Gasteiger partial charge in [-0.3, -0.25) is 0 Å². The van der Waals surface area contributed by atoms with Crippen molar-refractivity contribution in [3.05, 3.63) is 66.0 Å². The summed E-state index contributed by atoms with van der Waals surface area (Å²) >= 11 is 0. The Labute approximate surface area is 159 Å². The predicted molar refractivity (Wildman–Crippen MR) is 103 cm³/mol. The first-order valence-corrected chi connectivity index (χ1v) is 9.33. The fourth-order valence-electron chi connectivity index (χ4n) is 3.52. The van der Waals surface area contributed by atoms with E-state index >= 15 is 0 Å². The fourth-order valence-corrected chi connectivity index (χ4v) is 3.52. The summed E-state index contributed by atoms with van der Waals surface area (Å²) in [5, 5.41) is 12.3. The van der Waals surface area contributed by atoms with Crippen molar-refractivity contribution in [1.82, 2.24) is 20.2 Å². The summed E-state index contributed by atoms with van der Waals surface area (Å²) in [5.74, 6) is 1.85. The molecule has 2 aromatic carbocycles. The van der Waals surface area contributed by atoms with Crippen LogP contribution in [-0.2, 0) is 13.1 Å². The minimum Gasteiger partial charge on any atom is -0.497 e. The third kappa shape index (κ3) is 4.25. The summed E-state index contributed by atoms with van der Waals surface area (Å²) in [6, 6.07) is 18.6. The van der Waals surface area contributed by atoms with Gasteiger partial charge in [0.05, 0.1) is 39.8 Å². The molecule has 0 aliphatic carbocycles. The number of methoxy groups -OCH3 is 1. The molecule has 2 heterocycles. The Hall–Kier alpha value is -2.93. The van der Waals surface area contributed by atoms with Crippen molar-refractivity contribution in [3.8, 4) is 5.75 Å². The summed E-state index contributed by atoms with van der Waals surface area (Å²) in [5.41, 5.74) is 2.44. The molecule has 0 atom stereocenters. The summed E-state index contributed by atoms with van der Waals surface area (Å²) in [6.07, 6.45) is 0. The van der Waals surface area contributed by atoms with Crippen LogP contribution >= 0.6 is 0 Å². The van der Waals surface area contributed by atoms with Gasteiger partial charge < -0.3 is 14.5 Å². The van der Waals surface area contributed by atoms with Crippen LogP contribution in [0.15, 0.2) is 54.6 Å². The Balaban J connectivity index is 1.35. The molecule has 0 amide bonds. The van der Waals surface area contributed by atoms with E-state index in [1.165, 1.54) is 16.2 Å². The van der Waals surface area contributed by atoms with Gasteiger partial charge in [-0.1, -0.05) is 36.4 Å². The average Bonchev–Trinajstić information content (AvgIpc) is 3.16. The molecule has 7 nitrogen and oxygen atoms in total. The van der Waals surface area contributed by atoms with Crippen LogP contribution in [0.5, 0.6) is 5.75 Å². The van der Waals surface area contributed by atoms with Crippen molar-refractivity contribution >= 4 is 5.69 Å². The Kier molecular flexibility index (Phi) is 5.29. The zero-order valence-corrected chi connectivity index (χ0v) is 15.6. The quantitative estimate of drug-likeness (QED) is 0.695. The Morgan fingerprint density at radius 1 is 1.04 bits per heavy atom. The molecule has 27 heavy (non-hydrogen) atoms. The zero-order chi connectivity index (χ0) is 18.5. The van der Waals surface area contributed by atoms with Crippen LogP contribution in [0.4, 0.5) is 5.69 Å². The predicted octanol–water partition coefficient (Wildman–Crippen LogP) is 0.635. The highest BCUT2D eigenvalue weighted by molar-refractivity contribution is 5.50. The van der Waals surface area contributed by atoms with Crippen LogP contribution in [0, 0.1) is 0 Å². The van der Waals surface area contributed by atoms with Crippen molar-refractivity contribution in [2.24, 2.45) is 0 Å². The van der Waals surface area contributed by atoms with E-state index in [-0.39, 0.29) is 0 Å². The van der Waals surface area contributed by atoms with E-state index in [1.807, 2.05) is 35.0 Å². The number of piperazine rings is 1. The van der Waals surface area contributed by atoms with Gasteiger partial charge >= 0.3 is 0 Å². The summed E-state index contributed by atoms with van der Waals surface area (Å²) < 4.78 is 7.26. The van der Waals surface area contributed by atoms with Gasteiger partial charge in [-0.2, -0.15) is 0 Å². The maximum atomic E-state index is 5.34. The van der Waals surface area contributed by atoms with Crippen molar-refractivity contribution in [2.75, 3.05) is 38.2 Å². The molecule has 7 heteroatoms. The molecular weight excluding hydrogens is 340 g/mol. The van der Waals surface area contributed by atoms with E-state index in [0.717, 1.165) is 44.3 Å². The highest BCUT2D eigenvalue weighted by Crippen LogP contribution is 2.20. The highest BCUT2D eigenvalue weighted by atomic mass is 16.5. The second kappa shape index (κ2) is 8.18. The van der Waals surface area contributed by atoms with E-state index < -0.39 is 0 Å². The molecule has 3 aromatic rings. The molecule has 1 N–H and O–H groups in total. The van der Waals surface area contributed by atoms with Gasteiger partial charge in [-0.05, 0) is 28.1 Å². The van der Waals surface area contributed by atoms with E-state index in [1.54, 1.807) is 7.11 Å². The van der Waals surface area contributed by atoms with Gasteiger partial charge in [0.25, 0.3) is 0 Å². The van der Waals surface area contributed by atoms with E-state index in [4.69, 9.17) is 4.74 Å². The lowest BCUT2D eigenvalue weighted by Crippen LogP contribution is -3.13. The Morgan fingerprint density at radius 3 is 2.63 bits per heavy atom.